The molecule has 20 heavy (non-hydrogen) atoms. The van der Waals surface area contributed by atoms with E-state index < -0.39 is 5.97 Å². The van der Waals surface area contributed by atoms with Crippen LogP contribution in [0.15, 0.2) is 50.8 Å². The molecule has 1 aromatic rings. The monoisotopic (exact) mass is 335 g/mol. The third kappa shape index (κ3) is 2.99. The zero-order valence-electron chi connectivity index (χ0n) is 11.2. The average Bonchev–Trinajstić information content (AvgIpc) is 2.65. The Kier molecular flexibility index (Phi) is 4.39. The predicted molar refractivity (Wildman–Crippen MR) is 81.5 cm³/mol. The van der Waals surface area contributed by atoms with Crippen molar-refractivity contribution in [3.05, 3.63) is 51.3 Å². The van der Waals surface area contributed by atoms with Crippen LogP contribution in [0.5, 0.6) is 0 Å². The van der Waals surface area contributed by atoms with Crippen molar-refractivity contribution < 1.29 is 14.6 Å². The van der Waals surface area contributed by atoms with Crippen molar-refractivity contribution in [2.45, 2.75) is 13.8 Å². The van der Waals surface area contributed by atoms with E-state index in [1.807, 2.05) is 24.3 Å². The van der Waals surface area contributed by atoms with E-state index >= 15 is 0 Å². The first-order valence-corrected chi connectivity index (χ1v) is 6.96. The maximum atomic E-state index is 11.8. The average molecular weight is 336 g/mol. The molecular weight excluding hydrogens is 322 g/mol. The molecule has 4 nitrogen and oxygen atoms in total. The van der Waals surface area contributed by atoms with Gasteiger partial charge in [0.25, 0.3) is 0 Å². The molecule has 1 heterocycles. The highest BCUT2D eigenvalue weighted by molar-refractivity contribution is 9.10. The summed E-state index contributed by atoms with van der Waals surface area (Å²) < 4.78 is 5.84. The second kappa shape index (κ2) is 6.05. The van der Waals surface area contributed by atoms with Gasteiger partial charge in [-0.2, -0.15) is 0 Å². The molecule has 0 radical (unpaired) electrons. The number of rotatable bonds is 3. The molecule has 0 unspecified atom stereocenters. The number of aliphatic hydroxyl groups excluding tert-OH is 1. The molecule has 0 saturated carbocycles. The second-order valence-electron chi connectivity index (χ2n) is 4.23. The Labute approximate surface area is 125 Å². The Morgan fingerprint density at radius 1 is 1.50 bits per heavy atom. The van der Waals surface area contributed by atoms with Gasteiger partial charge in [-0.25, -0.2) is 9.79 Å². The third-order valence-electron chi connectivity index (χ3n) is 2.76. The van der Waals surface area contributed by atoms with Gasteiger partial charge in [-0.1, -0.05) is 28.1 Å². The second-order valence-corrected chi connectivity index (χ2v) is 5.14. The number of carbonyl (C=O) groups excluding carboxylic acids is 1. The molecule has 104 valence electrons. The van der Waals surface area contributed by atoms with Crippen LogP contribution in [0.2, 0.25) is 0 Å². The van der Waals surface area contributed by atoms with Gasteiger partial charge in [0, 0.05) is 4.47 Å². The Balaban J connectivity index is 2.38. The molecular formula is C15H14BrNO3. The Hall–Kier alpha value is -1.88. The number of benzene rings is 1. The molecule has 0 aromatic heterocycles. The van der Waals surface area contributed by atoms with Gasteiger partial charge >= 0.3 is 5.97 Å². The highest BCUT2D eigenvalue weighted by Crippen LogP contribution is 2.26. The Morgan fingerprint density at radius 2 is 2.25 bits per heavy atom. The summed E-state index contributed by atoms with van der Waals surface area (Å²) in [7, 11) is 0. The van der Waals surface area contributed by atoms with E-state index in [0.29, 0.717) is 11.4 Å². The molecule has 0 bridgehead atoms. The first-order valence-electron chi connectivity index (χ1n) is 6.16. The fraction of sp³-hybridized carbons (Fsp3) is 0.200. The molecule has 0 atom stereocenters. The molecule has 0 amide bonds. The number of nitrogens with zero attached hydrogens (tertiary/aromatic N) is 1. The van der Waals surface area contributed by atoms with E-state index in [2.05, 4.69) is 20.9 Å². The zero-order chi connectivity index (χ0) is 14.7. The molecule has 5 heteroatoms. The molecule has 2 rings (SSSR count). The molecule has 0 aliphatic carbocycles. The normalized spacial score (nSPS) is 16.6. The number of hydrogen-bond donors (Lipinski definition) is 1. The highest BCUT2D eigenvalue weighted by atomic mass is 79.9. The number of aliphatic hydroxyl groups is 1. The van der Waals surface area contributed by atoms with Crippen molar-refractivity contribution in [3.8, 4) is 0 Å². The maximum Gasteiger partial charge on any atom is 0.343 e. The smallest absolute Gasteiger partial charge is 0.343 e. The molecule has 1 aromatic carbocycles. The minimum Gasteiger partial charge on any atom is -0.505 e. The quantitative estimate of drug-likeness (QED) is 0.858. The van der Waals surface area contributed by atoms with Gasteiger partial charge in [-0.05, 0) is 37.6 Å². The van der Waals surface area contributed by atoms with E-state index in [-0.39, 0.29) is 17.9 Å². The summed E-state index contributed by atoms with van der Waals surface area (Å²) in [5.74, 6) is -0.690. The number of halogens is 1. The van der Waals surface area contributed by atoms with Gasteiger partial charge < -0.3 is 9.84 Å². The van der Waals surface area contributed by atoms with Crippen LogP contribution in [-0.2, 0) is 9.53 Å². The van der Waals surface area contributed by atoms with Crippen LogP contribution in [-0.4, -0.2) is 23.4 Å². The van der Waals surface area contributed by atoms with Crippen LogP contribution in [0, 0.1) is 0 Å². The molecule has 0 saturated heterocycles. The van der Waals surface area contributed by atoms with E-state index in [4.69, 9.17) is 4.74 Å². The summed E-state index contributed by atoms with van der Waals surface area (Å²) in [6.07, 6.45) is 1.72. The van der Waals surface area contributed by atoms with Crippen molar-refractivity contribution in [3.63, 3.8) is 0 Å². The number of aliphatic imine (C=N–C) groups is 1. The van der Waals surface area contributed by atoms with Gasteiger partial charge in [0.1, 0.15) is 11.3 Å². The van der Waals surface area contributed by atoms with Crippen LogP contribution >= 0.6 is 15.9 Å². The van der Waals surface area contributed by atoms with Gasteiger partial charge in [0.05, 0.1) is 12.3 Å². The molecule has 1 aliphatic rings. The van der Waals surface area contributed by atoms with Crippen LogP contribution < -0.4 is 0 Å². The van der Waals surface area contributed by atoms with Gasteiger partial charge in [-0.3, -0.25) is 0 Å². The lowest BCUT2D eigenvalue weighted by atomic mass is 10.1. The molecule has 1 aliphatic heterocycles. The standard InChI is InChI=1S/C15H14BrNO3/c1-3-20-15(19)13-9(2)17-12(14(13)18)8-10-5-4-6-11(16)7-10/h4-8,18H,3H2,1-2H3. The van der Waals surface area contributed by atoms with Crippen LogP contribution in [0.1, 0.15) is 19.4 Å². The third-order valence-corrected chi connectivity index (χ3v) is 3.25. The lowest BCUT2D eigenvalue weighted by Crippen LogP contribution is -2.13. The molecule has 0 fully saturated rings. The number of esters is 1. The number of ether oxygens (including phenoxy) is 1. The first-order chi connectivity index (χ1) is 9.52. The number of carbonyl (C=O) groups is 1. The zero-order valence-corrected chi connectivity index (χ0v) is 12.8. The lowest BCUT2D eigenvalue weighted by Gasteiger charge is -2.02. The van der Waals surface area contributed by atoms with E-state index in [9.17, 15) is 9.90 Å². The first kappa shape index (κ1) is 14.5. The minimum atomic E-state index is -0.552. The highest BCUT2D eigenvalue weighted by Gasteiger charge is 2.27. The Morgan fingerprint density at radius 3 is 2.90 bits per heavy atom. The van der Waals surface area contributed by atoms with Gasteiger partial charge in [0.2, 0.25) is 0 Å². The summed E-state index contributed by atoms with van der Waals surface area (Å²) >= 11 is 3.38. The van der Waals surface area contributed by atoms with E-state index in [0.717, 1.165) is 10.0 Å². The van der Waals surface area contributed by atoms with Crippen molar-refractivity contribution in [2.24, 2.45) is 4.99 Å². The van der Waals surface area contributed by atoms with Crippen LogP contribution in [0.3, 0.4) is 0 Å². The fourth-order valence-electron chi connectivity index (χ4n) is 1.89. The summed E-state index contributed by atoms with van der Waals surface area (Å²) in [5.41, 5.74) is 1.83. The lowest BCUT2D eigenvalue weighted by molar-refractivity contribution is -0.138. The fourth-order valence-corrected chi connectivity index (χ4v) is 2.31. The largest absolute Gasteiger partial charge is 0.505 e. The van der Waals surface area contributed by atoms with E-state index in [1.165, 1.54) is 0 Å². The summed E-state index contributed by atoms with van der Waals surface area (Å²) in [6.45, 7) is 3.65. The van der Waals surface area contributed by atoms with Crippen molar-refractivity contribution in [1.29, 1.82) is 0 Å². The van der Waals surface area contributed by atoms with Crippen molar-refractivity contribution in [1.82, 2.24) is 0 Å². The predicted octanol–water partition coefficient (Wildman–Crippen LogP) is 3.64. The topological polar surface area (TPSA) is 58.9 Å². The Bertz CT molecular complexity index is 644. The molecule has 1 N–H and O–H groups in total. The minimum absolute atomic E-state index is 0.132. The summed E-state index contributed by atoms with van der Waals surface area (Å²) in [6, 6.07) is 7.58. The van der Waals surface area contributed by atoms with Crippen molar-refractivity contribution >= 4 is 33.7 Å². The SMILES string of the molecule is CCOC(=O)C1=C(O)C(=Cc2cccc(Br)c2)N=C1C. The number of hydrogen-bond acceptors (Lipinski definition) is 4. The van der Waals surface area contributed by atoms with Gasteiger partial charge in [-0.15, -0.1) is 0 Å². The van der Waals surface area contributed by atoms with Gasteiger partial charge in [0.15, 0.2) is 5.76 Å². The summed E-state index contributed by atoms with van der Waals surface area (Å²) in [4.78, 5) is 16.0. The van der Waals surface area contributed by atoms with E-state index in [1.54, 1.807) is 19.9 Å². The molecule has 0 spiro atoms. The maximum absolute atomic E-state index is 11.8. The van der Waals surface area contributed by atoms with Crippen LogP contribution in [0.25, 0.3) is 6.08 Å². The summed E-state index contributed by atoms with van der Waals surface area (Å²) in [5, 5.41) is 10.1. The van der Waals surface area contributed by atoms with Crippen LogP contribution in [0.4, 0.5) is 0 Å². The van der Waals surface area contributed by atoms with Crippen molar-refractivity contribution in [2.75, 3.05) is 6.61 Å².